The van der Waals surface area contributed by atoms with Gasteiger partial charge in [0.25, 0.3) is 0 Å². The first-order chi connectivity index (χ1) is 8.95. The van der Waals surface area contributed by atoms with Gasteiger partial charge in [-0.2, -0.15) is 0 Å². The minimum absolute atomic E-state index is 0.221. The third-order valence-corrected chi connectivity index (χ3v) is 3.45. The van der Waals surface area contributed by atoms with E-state index in [9.17, 15) is 8.42 Å². The molecule has 0 saturated carbocycles. The van der Waals surface area contributed by atoms with Crippen LogP contribution in [0.3, 0.4) is 0 Å². The molecule has 0 N–H and O–H groups in total. The second kappa shape index (κ2) is 5.62. The lowest BCUT2D eigenvalue weighted by molar-refractivity contribution is 0.298. The van der Waals surface area contributed by atoms with Crippen LogP contribution in [0.5, 0.6) is 5.75 Å². The fourth-order valence-corrected chi connectivity index (χ4v) is 1.94. The summed E-state index contributed by atoms with van der Waals surface area (Å²) in [6.45, 7) is 0.259. The smallest absolute Gasteiger partial charge is 0.246 e. The van der Waals surface area contributed by atoms with E-state index in [1.54, 1.807) is 6.20 Å². The van der Waals surface area contributed by atoms with Gasteiger partial charge in [0, 0.05) is 16.9 Å². The summed E-state index contributed by atoms with van der Waals surface area (Å²) in [5.41, 5.74) is 0.746. The molecular formula is C11H10BrN3O3S. The minimum Gasteiger partial charge on any atom is -0.484 e. The first-order valence-electron chi connectivity index (χ1n) is 5.20. The first kappa shape index (κ1) is 13.9. The van der Waals surface area contributed by atoms with Gasteiger partial charge in [-0.15, -0.1) is 0 Å². The molecule has 0 unspecified atom stereocenters. The molecule has 0 fully saturated rings. The molecule has 0 spiro atoms. The highest BCUT2D eigenvalue weighted by Gasteiger charge is 2.10. The Morgan fingerprint density at radius 1 is 1.16 bits per heavy atom. The van der Waals surface area contributed by atoms with Gasteiger partial charge in [-0.1, -0.05) is 0 Å². The molecule has 6 nitrogen and oxygen atoms in total. The molecule has 19 heavy (non-hydrogen) atoms. The Kier molecular flexibility index (Phi) is 4.11. The normalized spacial score (nSPS) is 11.3. The molecule has 2 rings (SSSR count). The molecule has 100 valence electrons. The fraction of sp³-hybridized carbons (Fsp3) is 0.182. The summed E-state index contributed by atoms with van der Waals surface area (Å²) in [7, 11) is -3.39. The third kappa shape index (κ3) is 3.97. The molecule has 0 aliphatic rings. The molecule has 2 aromatic heterocycles. The van der Waals surface area contributed by atoms with Gasteiger partial charge >= 0.3 is 0 Å². The van der Waals surface area contributed by atoms with E-state index in [1.165, 1.54) is 12.4 Å². The number of pyridine rings is 1. The molecule has 0 aromatic carbocycles. The van der Waals surface area contributed by atoms with Crippen LogP contribution in [0.1, 0.15) is 5.69 Å². The van der Waals surface area contributed by atoms with Crippen molar-refractivity contribution in [1.29, 1.82) is 0 Å². The highest BCUT2D eigenvalue weighted by molar-refractivity contribution is 9.10. The second-order valence-electron chi connectivity index (χ2n) is 3.73. The summed E-state index contributed by atoms with van der Waals surface area (Å²) in [5, 5.41) is -0.221. The lowest BCUT2D eigenvalue weighted by Gasteiger charge is -2.05. The lowest BCUT2D eigenvalue weighted by atomic mass is 10.4. The predicted octanol–water partition coefficient (Wildman–Crippen LogP) is 1.62. The van der Waals surface area contributed by atoms with Gasteiger partial charge in [0.2, 0.25) is 15.0 Å². The average molecular weight is 344 g/mol. The van der Waals surface area contributed by atoms with Crippen molar-refractivity contribution in [3.63, 3.8) is 0 Å². The Bertz CT molecular complexity index is 657. The third-order valence-electron chi connectivity index (χ3n) is 2.11. The van der Waals surface area contributed by atoms with Crippen molar-refractivity contribution in [2.24, 2.45) is 0 Å². The van der Waals surface area contributed by atoms with E-state index < -0.39 is 9.84 Å². The number of nitrogens with zero attached hydrogens (tertiary/aromatic N) is 3. The standard InChI is InChI=1S/C11H10BrN3O3S/c1-19(16,17)11-14-5-10(6-15-11)18-7-9-3-2-8(12)4-13-9/h2-6H,7H2,1H3. The number of sulfone groups is 1. The van der Waals surface area contributed by atoms with Crippen LogP contribution in [0, 0.1) is 0 Å². The van der Waals surface area contributed by atoms with Gasteiger partial charge in [-0.05, 0) is 28.1 Å². The zero-order valence-corrected chi connectivity index (χ0v) is 12.3. The maximum absolute atomic E-state index is 11.2. The summed E-state index contributed by atoms with van der Waals surface area (Å²) in [4.78, 5) is 11.6. The topological polar surface area (TPSA) is 82.0 Å². The van der Waals surface area contributed by atoms with E-state index in [2.05, 4.69) is 30.9 Å². The minimum atomic E-state index is -3.39. The molecule has 0 amide bonds. The Labute approximate surface area is 118 Å². The van der Waals surface area contributed by atoms with E-state index in [1.807, 2.05) is 12.1 Å². The molecule has 8 heteroatoms. The highest BCUT2D eigenvalue weighted by atomic mass is 79.9. The highest BCUT2D eigenvalue weighted by Crippen LogP contribution is 2.12. The zero-order valence-electron chi connectivity index (χ0n) is 9.95. The monoisotopic (exact) mass is 343 g/mol. The Morgan fingerprint density at radius 2 is 1.84 bits per heavy atom. The molecule has 0 saturated heterocycles. The zero-order chi connectivity index (χ0) is 13.9. The van der Waals surface area contributed by atoms with Gasteiger partial charge in [-0.25, -0.2) is 18.4 Å². The molecule has 0 aliphatic heterocycles. The molecule has 0 atom stereocenters. The van der Waals surface area contributed by atoms with Crippen LogP contribution in [0.2, 0.25) is 0 Å². The summed E-state index contributed by atoms with van der Waals surface area (Å²) >= 11 is 3.29. The van der Waals surface area contributed by atoms with Crippen LogP contribution in [-0.2, 0) is 16.4 Å². The Hall–Kier alpha value is -1.54. The Balaban J connectivity index is 2.02. The predicted molar refractivity (Wildman–Crippen MR) is 71.4 cm³/mol. The fourth-order valence-electron chi connectivity index (χ4n) is 1.22. The summed E-state index contributed by atoms with van der Waals surface area (Å²) < 4.78 is 28.6. The number of halogens is 1. The van der Waals surface area contributed by atoms with Crippen LogP contribution in [0.15, 0.2) is 40.4 Å². The van der Waals surface area contributed by atoms with Crippen LogP contribution >= 0.6 is 15.9 Å². The molecule has 0 bridgehead atoms. The number of hydrogen-bond acceptors (Lipinski definition) is 6. The number of aromatic nitrogens is 3. The van der Waals surface area contributed by atoms with Crippen LogP contribution in [0.25, 0.3) is 0 Å². The summed E-state index contributed by atoms with van der Waals surface area (Å²) in [6, 6.07) is 3.67. The van der Waals surface area contributed by atoms with Crippen molar-refractivity contribution in [3.8, 4) is 5.75 Å². The van der Waals surface area contributed by atoms with E-state index in [-0.39, 0.29) is 11.8 Å². The van der Waals surface area contributed by atoms with Crippen LogP contribution in [-0.4, -0.2) is 29.6 Å². The average Bonchev–Trinajstić information content (AvgIpc) is 2.37. The lowest BCUT2D eigenvalue weighted by Crippen LogP contribution is -2.04. The summed E-state index contributed by atoms with van der Waals surface area (Å²) in [5.74, 6) is 0.386. The van der Waals surface area contributed by atoms with Gasteiger partial charge in [0.1, 0.15) is 6.61 Å². The molecule has 0 aliphatic carbocycles. The van der Waals surface area contributed by atoms with Crippen LogP contribution < -0.4 is 4.74 Å². The van der Waals surface area contributed by atoms with Crippen molar-refractivity contribution in [2.75, 3.05) is 6.26 Å². The van der Waals surface area contributed by atoms with Crippen molar-refractivity contribution in [1.82, 2.24) is 15.0 Å². The van der Waals surface area contributed by atoms with Gasteiger partial charge in [0.05, 0.1) is 18.1 Å². The van der Waals surface area contributed by atoms with E-state index in [4.69, 9.17) is 4.74 Å². The quantitative estimate of drug-likeness (QED) is 0.784. The van der Waals surface area contributed by atoms with Gasteiger partial charge in [0.15, 0.2) is 5.75 Å². The summed E-state index contributed by atoms with van der Waals surface area (Å²) in [6.07, 6.45) is 5.36. The van der Waals surface area contributed by atoms with Crippen molar-refractivity contribution in [2.45, 2.75) is 11.8 Å². The second-order valence-corrected chi connectivity index (χ2v) is 6.56. The van der Waals surface area contributed by atoms with E-state index in [0.29, 0.717) is 5.75 Å². The number of ether oxygens (including phenoxy) is 1. The molecule has 2 aromatic rings. The van der Waals surface area contributed by atoms with E-state index in [0.717, 1.165) is 16.4 Å². The maximum atomic E-state index is 11.2. The van der Waals surface area contributed by atoms with Gasteiger partial charge in [-0.3, -0.25) is 4.98 Å². The van der Waals surface area contributed by atoms with E-state index >= 15 is 0 Å². The Morgan fingerprint density at radius 3 is 2.37 bits per heavy atom. The van der Waals surface area contributed by atoms with Gasteiger partial charge < -0.3 is 4.74 Å². The SMILES string of the molecule is CS(=O)(=O)c1ncc(OCc2ccc(Br)cn2)cn1. The van der Waals surface area contributed by atoms with Crippen molar-refractivity contribution >= 4 is 25.8 Å². The van der Waals surface area contributed by atoms with Crippen molar-refractivity contribution < 1.29 is 13.2 Å². The maximum Gasteiger partial charge on any atom is 0.246 e. The molecular weight excluding hydrogens is 334 g/mol. The number of hydrogen-bond donors (Lipinski definition) is 0. The first-order valence-corrected chi connectivity index (χ1v) is 7.89. The molecule has 0 radical (unpaired) electrons. The van der Waals surface area contributed by atoms with Crippen molar-refractivity contribution in [3.05, 3.63) is 40.9 Å². The van der Waals surface area contributed by atoms with Crippen LogP contribution in [0.4, 0.5) is 0 Å². The number of rotatable bonds is 4. The molecule has 2 heterocycles. The largest absolute Gasteiger partial charge is 0.484 e.